The van der Waals surface area contributed by atoms with Gasteiger partial charge in [-0.2, -0.15) is 0 Å². The molecule has 2 fully saturated rings. The summed E-state index contributed by atoms with van der Waals surface area (Å²) < 4.78 is 11.6. The summed E-state index contributed by atoms with van der Waals surface area (Å²) in [5, 5.41) is 54.6. The molecule has 7 atom stereocenters. The molecule has 0 spiro atoms. The van der Waals surface area contributed by atoms with E-state index in [1.807, 2.05) is 24.3 Å². The largest absolute Gasteiger partial charge is 0.508 e. The highest BCUT2D eigenvalue weighted by molar-refractivity contribution is 5.82. The fraction of sp³-hybridized carbons (Fsp3) is 0.390. The van der Waals surface area contributed by atoms with E-state index in [0.29, 0.717) is 12.8 Å². The number of carbonyl (C=O) groups excluding carboxylic acids is 1. The monoisotopic (exact) mass is 679 g/mol. The van der Waals surface area contributed by atoms with Crippen LogP contribution in [0.2, 0.25) is 0 Å². The van der Waals surface area contributed by atoms with Crippen LogP contribution in [0.4, 0.5) is 0 Å². The standard InChI is InChI=1S/C41H45NO8/c42-22-50-35-17-24(10-14-33(35)45)9-13-32(44)30-12-11-26-18-28-19-27(15-23-5-2-1-3-6-23)36(38(26)39(30)47)31-20-34(46)40(48)41(37(28)31)49-21-25-7-4-8-29(43)16-25/h1-8,10,14,16-17,20,26-28,30,36,38-39,43,45-48H,9,11-13,15,18-19,21-22,42H2. The molecule has 0 amide bonds. The number of ether oxygens (including phenoxy) is 2. The Balaban J connectivity index is 1.21. The van der Waals surface area contributed by atoms with Crippen molar-refractivity contribution >= 4 is 5.78 Å². The quantitative estimate of drug-likeness (QED) is 0.0776. The smallest absolute Gasteiger partial charge is 0.200 e. The first-order valence-electron chi connectivity index (χ1n) is 17.6. The van der Waals surface area contributed by atoms with Crippen molar-refractivity contribution in [1.29, 1.82) is 0 Å². The molecule has 9 nitrogen and oxygen atoms in total. The van der Waals surface area contributed by atoms with Gasteiger partial charge in [-0.05, 0) is 121 Å². The molecule has 8 rings (SSSR count). The molecule has 2 saturated carbocycles. The lowest BCUT2D eigenvalue weighted by molar-refractivity contribution is -0.132. The Bertz CT molecular complexity index is 1840. The zero-order chi connectivity index (χ0) is 34.9. The first kappa shape index (κ1) is 33.8. The SMILES string of the molecule is NCOc1cc(CCC(=O)C2CCC3CC4CC(Cc5ccccc5)C(c5cc(O)c(O)c(OCc6cccc(O)c6)c54)C3C2O)ccc1O. The fourth-order valence-electron chi connectivity index (χ4n) is 9.23. The second-order valence-electron chi connectivity index (χ2n) is 14.3. The van der Waals surface area contributed by atoms with E-state index in [1.54, 1.807) is 36.4 Å². The van der Waals surface area contributed by atoms with Crippen LogP contribution in [0.5, 0.6) is 34.5 Å². The number of phenols is 4. The topological polar surface area (TPSA) is 163 Å². The molecule has 0 aromatic heterocycles. The molecule has 7 unspecified atom stereocenters. The van der Waals surface area contributed by atoms with Crippen molar-refractivity contribution in [2.75, 3.05) is 6.73 Å². The van der Waals surface area contributed by atoms with Crippen LogP contribution in [-0.4, -0.2) is 44.2 Å². The molecular formula is C41H45NO8. The highest BCUT2D eigenvalue weighted by Gasteiger charge is 2.54. The highest BCUT2D eigenvalue weighted by Crippen LogP contribution is 2.63. The minimum atomic E-state index is -0.877. The van der Waals surface area contributed by atoms with E-state index in [1.165, 1.54) is 11.6 Å². The van der Waals surface area contributed by atoms with E-state index in [-0.39, 0.29) is 89.6 Å². The Labute approximate surface area is 291 Å². The summed E-state index contributed by atoms with van der Waals surface area (Å²) in [4.78, 5) is 13.9. The van der Waals surface area contributed by atoms with Crippen LogP contribution in [0.25, 0.3) is 0 Å². The van der Waals surface area contributed by atoms with Crippen LogP contribution in [0, 0.1) is 23.7 Å². The predicted octanol–water partition coefficient (Wildman–Crippen LogP) is 6.42. The van der Waals surface area contributed by atoms with Gasteiger partial charge in [-0.1, -0.05) is 48.5 Å². The van der Waals surface area contributed by atoms with Crippen molar-refractivity contribution in [2.24, 2.45) is 29.4 Å². The minimum Gasteiger partial charge on any atom is -0.508 e. The number of aryl methyl sites for hydroxylation is 1. The Morgan fingerprint density at radius 1 is 0.820 bits per heavy atom. The lowest BCUT2D eigenvalue weighted by atomic mass is 9.60. The zero-order valence-corrected chi connectivity index (χ0v) is 27.9. The Kier molecular flexibility index (Phi) is 9.62. The minimum absolute atomic E-state index is 0.00707. The molecule has 4 aromatic carbocycles. The molecule has 0 aliphatic heterocycles. The van der Waals surface area contributed by atoms with Gasteiger partial charge in [-0.15, -0.1) is 0 Å². The van der Waals surface area contributed by atoms with Crippen LogP contribution in [0.1, 0.15) is 71.8 Å². The van der Waals surface area contributed by atoms with Crippen LogP contribution in [-0.2, 0) is 24.2 Å². The summed E-state index contributed by atoms with van der Waals surface area (Å²) in [6.45, 7) is 0.0153. The van der Waals surface area contributed by atoms with Crippen molar-refractivity contribution in [3.05, 3.63) is 107 Å². The zero-order valence-electron chi connectivity index (χ0n) is 27.9. The number of aliphatic hydroxyl groups excluding tert-OH is 1. The number of aliphatic hydroxyl groups is 1. The molecule has 0 saturated heterocycles. The number of Topliss-reactive ketones (excluding diaryl/α,β-unsaturated/α-hetero) is 1. The molecule has 7 N–H and O–H groups in total. The number of carbonyl (C=O) groups is 1. The molecule has 0 radical (unpaired) electrons. The average Bonchev–Trinajstić information content (AvgIpc) is 3.34. The number of hydrogen-bond acceptors (Lipinski definition) is 9. The number of aromatic hydroxyl groups is 4. The number of phenolic OH excluding ortho intramolecular Hbond substituents is 4. The van der Waals surface area contributed by atoms with Crippen LogP contribution in [0.15, 0.2) is 78.9 Å². The van der Waals surface area contributed by atoms with Gasteiger partial charge in [0.2, 0.25) is 5.75 Å². The first-order valence-corrected chi connectivity index (χ1v) is 17.6. The number of fused-ring (bicyclic) bond motifs is 1. The number of hydrogen-bond donors (Lipinski definition) is 6. The van der Waals surface area contributed by atoms with Crippen molar-refractivity contribution in [3.63, 3.8) is 0 Å². The molecule has 4 aliphatic carbocycles. The Morgan fingerprint density at radius 2 is 1.62 bits per heavy atom. The van der Waals surface area contributed by atoms with Gasteiger partial charge in [-0.3, -0.25) is 10.5 Å². The van der Waals surface area contributed by atoms with Gasteiger partial charge in [0, 0.05) is 17.9 Å². The average molecular weight is 680 g/mol. The van der Waals surface area contributed by atoms with E-state index in [4.69, 9.17) is 15.2 Å². The summed E-state index contributed by atoms with van der Waals surface area (Å²) in [5.41, 5.74) is 10.0. The van der Waals surface area contributed by atoms with Gasteiger partial charge in [-0.25, -0.2) is 0 Å². The van der Waals surface area contributed by atoms with Crippen LogP contribution in [0.3, 0.4) is 0 Å². The lowest BCUT2D eigenvalue weighted by Crippen LogP contribution is -2.46. The number of benzene rings is 4. The van der Waals surface area contributed by atoms with E-state index in [9.17, 15) is 30.3 Å². The van der Waals surface area contributed by atoms with Gasteiger partial charge in [0.1, 0.15) is 24.9 Å². The molecule has 0 heterocycles. The molecule has 9 heteroatoms. The van der Waals surface area contributed by atoms with Crippen molar-refractivity contribution < 1.29 is 39.8 Å². The molecule has 262 valence electrons. The van der Waals surface area contributed by atoms with Gasteiger partial charge in [0.25, 0.3) is 0 Å². The van der Waals surface area contributed by atoms with Crippen molar-refractivity contribution in [3.8, 4) is 34.5 Å². The Morgan fingerprint density at radius 3 is 2.40 bits per heavy atom. The molecule has 4 aromatic rings. The lowest BCUT2D eigenvalue weighted by Gasteiger charge is -2.45. The first-order chi connectivity index (χ1) is 24.2. The maximum Gasteiger partial charge on any atom is 0.200 e. The maximum atomic E-state index is 13.9. The van der Waals surface area contributed by atoms with Crippen molar-refractivity contribution in [1.82, 2.24) is 0 Å². The summed E-state index contributed by atoms with van der Waals surface area (Å²) >= 11 is 0. The highest BCUT2D eigenvalue weighted by atomic mass is 16.5. The van der Waals surface area contributed by atoms with Gasteiger partial charge in [0.15, 0.2) is 23.0 Å². The third-order valence-corrected chi connectivity index (χ3v) is 11.3. The third-order valence-electron chi connectivity index (χ3n) is 11.3. The number of rotatable bonds is 11. The van der Waals surface area contributed by atoms with E-state index in [2.05, 4.69) is 12.1 Å². The van der Waals surface area contributed by atoms with Gasteiger partial charge >= 0.3 is 0 Å². The number of ketones is 1. The fourth-order valence-corrected chi connectivity index (χ4v) is 9.23. The summed E-state index contributed by atoms with van der Waals surface area (Å²) in [7, 11) is 0. The molecular weight excluding hydrogens is 634 g/mol. The van der Waals surface area contributed by atoms with E-state index >= 15 is 0 Å². The van der Waals surface area contributed by atoms with Crippen molar-refractivity contribution in [2.45, 2.75) is 69.5 Å². The summed E-state index contributed by atoms with van der Waals surface area (Å²) in [5.74, 6) is -0.573. The van der Waals surface area contributed by atoms with Crippen LogP contribution >= 0.6 is 0 Å². The normalized spacial score (nSPS) is 25.3. The second-order valence-corrected chi connectivity index (χ2v) is 14.3. The van der Waals surface area contributed by atoms with Gasteiger partial charge < -0.3 is 35.0 Å². The maximum absolute atomic E-state index is 13.9. The molecule has 50 heavy (non-hydrogen) atoms. The second kappa shape index (κ2) is 14.2. The molecule has 2 bridgehead atoms. The summed E-state index contributed by atoms with van der Waals surface area (Å²) in [6.07, 6.45) is 3.58. The third kappa shape index (κ3) is 6.60. The Hall–Kier alpha value is -4.73. The number of nitrogens with two attached hydrogens (primary N) is 1. The van der Waals surface area contributed by atoms with E-state index < -0.39 is 12.0 Å². The predicted molar refractivity (Wildman–Crippen MR) is 187 cm³/mol. The summed E-state index contributed by atoms with van der Waals surface area (Å²) in [6, 6.07) is 23.7. The van der Waals surface area contributed by atoms with Gasteiger partial charge in [0.05, 0.1) is 6.10 Å². The van der Waals surface area contributed by atoms with Crippen LogP contribution < -0.4 is 15.2 Å². The molecule has 4 aliphatic rings. The van der Waals surface area contributed by atoms with E-state index in [0.717, 1.165) is 47.9 Å².